The summed E-state index contributed by atoms with van der Waals surface area (Å²) in [7, 11) is 0. The van der Waals surface area contributed by atoms with E-state index in [0.29, 0.717) is 15.6 Å². The summed E-state index contributed by atoms with van der Waals surface area (Å²) in [6.07, 6.45) is 3.48. The zero-order valence-electron chi connectivity index (χ0n) is 24.3. The molecule has 1 fully saturated rings. The van der Waals surface area contributed by atoms with Crippen LogP contribution >= 0.6 is 23.2 Å². The van der Waals surface area contributed by atoms with Gasteiger partial charge in [-0.1, -0.05) is 53.5 Å². The number of fused-ring (bicyclic) bond motifs is 1. The van der Waals surface area contributed by atoms with Crippen molar-refractivity contribution in [1.82, 2.24) is 9.97 Å². The third-order valence-corrected chi connectivity index (χ3v) is 8.22. The van der Waals surface area contributed by atoms with E-state index < -0.39 is 5.97 Å². The lowest BCUT2D eigenvalue weighted by Gasteiger charge is -2.34. The molecule has 0 bridgehead atoms. The predicted octanol–water partition coefficient (Wildman–Crippen LogP) is 7.89. The number of aromatic nitrogens is 2. The SMILES string of the molecule is CCO.O=C(O)c1ccc(N2CCC(Nc3ncnc4ccc(C(c5ccc(Cl)cc5)c5ccc(Cl)cc5)cc34)CC2)cc1. The largest absolute Gasteiger partial charge is 0.478 e. The number of aliphatic hydroxyl groups excluding tert-OH is 1. The lowest BCUT2D eigenvalue weighted by molar-refractivity contribution is 0.0697. The molecule has 5 aromatic rings. The quantitative estimate of drug-likeness (QED) is 0.158. The first-order chi connectivity index (χ1) is 21.4. The van der Waals surface area contributed by atoms with E-state index >= 15 is 0 Å². The summed E-state index contributed by atoms with van der Waals surface area (Å²) in [5.41, 5.74) is 5.61. The standard InChI is InChI=1S/C33H28Cl2N4O2.C2H6O/c34-25-8-1-21(2-9-25)31(22-3-10-26(35)11-4-22)24-7-14-30-29(19-24)32(37-20-36-30)38-27-15-17-39(18-16-27)28-12-5-23(6-13-28)33(40)41;1-2-3/h1-14,19-20,27,31H,15-18H2,(H,40,41)(H,36,37,38);3H,2H2,1H3. The molecule has 4 aromatic carbocycles. The summed E-state index contributed by atoms with van der Waals surface area (Å²) in [4.78, 5) is 22.7. The number of benzene rings is 4. The molecule has 6 rings (SSSR count). The minimum absolute atomic E-state index is 0.0160. The van der Waals surface area contributed by atoms with E-state index in [2.05, 4.69) is 62.6 Å². The Balaban J connectivity index is 0.00000123. The van der Waals surface area contributed by atoms with E-state index in [-0.39, 0.29) is 18.6 Å². The van der Waals surface area contributed by atoms with Gasteiger partial charge in [0.15, 0.2) is 0 Å². The van der Waals surface area contributed by atoms with Crippen LogP contribution in [0.2, 0.25) is 10.0 Å². The first-order valence-corrected chi connectivity index (χ1v) is 15.3. The number of carboxylic acids is 1. The maximum Gasteiger partial charge on any atom is 0.335 e. The Morgan fingerprint density at radius 3 is 1.95 bits per heavy atom. The van der Waals surface area contributed by atoms with Crippen LogP contribution in [0, 0.1) is 0 Å². The second kappa shape index (κ2) is 14.5. The van der Waals surface area contributed by atoms with E-state index in [0.717, 1.165) is 65.0 Å². The molecule has 44 heavy (non-hydrogen) atoms. The second-order valence-corrected chi connectivity index (χ2v) is 11.5. The molecule has 0 atom stereocenters. The molecule has 0 amide bonds. The second-order valence-electron chi connectivity index (χ2n) is 10.6. The van der Waals surface area contributed by atoms with Crippen molar-refractivity contribution in [3.63, 3.8) is 0 Å². The average Bonchev–Trinajstić information content (AvgIpc) is 3.04. The van der Waals surface area contributed by atoms with E-state index in [1.807, 2.05) is 36.4 Å². The molecule has 1 saturated heterocycles. The van der Waals surface area contributed by atoms with Gasteiger partial charge in [-0.05, 0) is 97.1 Å². The van der Waals surface area contributed by atoms with Gasteiger partial charge in [0.25, 0.3) is 0 Å². The fraction of sp³-hybridized carbons (Fsp3) is 0.229. The Kier molecular flexibility index (Phi) is 10.3. The van der Waals surface area contributed by atoms with Crippen molar-refractivity contribution in [2.45, 2.75) is 31.7 Å². The van der Waals surface area contributed by atoms with Gasteiger partial charge in [0.2, 0.25) is 0 Å². The summed E-state index contributed by atoms with van der Waals surface area (Å²) < 4.78 is 0. The van der Waals surface area contributed by atoms with Crippen LogP contribution in [0.1, 0.15) is 52.7 Å². The van der Waals surface area contributed by atoms with Crippen LogP contribution in [-0.2, 0) is 0 Å². The fourth-order valence-electron chi connectivity index (χ4n) is 5.55. The van der Waals surface area contributed by atoms with Gasteiger partial charge in [-0.25, -0.2) is 14.8 Å². The molecule has 1 aliphatic rings. The summed E-state index contributed by atoms with van der Waals surface area (Å²) in [5, 5.41) is 22.8. The highest BCUT2D eigenvalue weighted by molar-refractivity contribution is 6.30. The predicted molar refractivity (Wildman–Crippen MR) is 178 cm³/mol. The van der Waals surface area contributed by atoms with Crippen LogP contribution in [0.3, 0.4) is 0 Å². The third-order valence-electron chi connectivity index (χ3n) is 7.71. The number of aliphatic hydroxyl groups is 1. The number of aromatic carboxylic acids is 1. The zero-order valence-corrected chi connectivity index (χ0v) is 25.8. The van der Waals surface area contributed by atoms with Gasteiger partial charge < -0.3 is 20.4 Å². The molecule has 0 unspecified atom stereocenters. The first kappa shape index (κ1) is 31.3. The van der Waals surface area contributed by atoms with Crippen LogP contribution in [0.4, 0.5) is 11.5 Å². The van der Waals surface area contributed by atoms with Crippen LogP contribution in [0.15, 0.2) is 97.3 Å². The molecule has 1 aliphatic heterocycles. The monoisotopic (exact) mass is 628 g/mol. The Morgan fingerprint density at radius 1 is 0.864 bits per heavy atom. The maximum atomic E-state index is 11.2. The number of nitrogens with zero attached hydrogens (tertiary/aromatic N) is 3. The van der Waals surface area contributed by atoms with Crippen molar-refractivity contribution >= 4 is 51.6 Å². The van der Waals surface area contributed by atoms with Crippen molar-refractivity contribution in [1.29, 1.82) is 0 Å². The van der Waals surface area contributed by atoms with Crippen LogP contribution in [0.5, 0.6) is 0 Å². The van der Waals surface area contributed by atoms with Crippen molar-refractivity contribution in [2.24, 2.45) is 0 Å². The van der Waals surface area contributed by atoms with Crippen molar-refractivity contribution in [3.8, 4) is 0 Å². The lowest BCUT2D eigenvalue weighted by Crippen LogP contribution is -2.39. The smallest absolute Gasteiger partial charge is 0.335 e. The molecule has 0 radical (unpaired) electrons. The summed E-state index contributed by atoms with van der Waals surface area (Å²) in [6.45, 7) is 3.67. The van der Waals surface area contributed by atoms with E-state index in [1.165, 1.54) is 0 Å². The van der Waals surface area contributed by atoms with Crippen LogP contribution < -0.4 is 10.2 Å². The number of nitrogens with one attached hydrogen (secondary N) is 1. The molecule has 226 valence electrons. The average molecular weight is 630 g/mol. The number of hydrogen-bond acceptors (Lipinski definition) is 6. The van der Waals surface area contributed by atoms with Gasteiger partial charge in [-0.2, -0.15) is 0 Å². The molecule has 0 aliphatic carbocycles. The normalized spacial score (nSPS) is 13.4. The van der Waals surface area contributed by atoms with Gasteiger partial charge >= 0.3 is 5.97 Å². The van der Waals surface area contributed by atoms with Gasteiger partial charge in [-0.3, -0.25) is 0 Å². The van der Waals surface area contributed by atoms with Crippen molar-refractivity contribution in [2.75, 3.05) is 29.9 Å². The van der Waals surface area contributed by atoms with Gasteiger partial charge in [0, 0.05) is 52.8 Å². The molecule has 0 spiro atoms. The molecule has 7 nitrogen and oxygen atoms in total. The highest BCUT2D eigenvalue weighted by Crippen LogP contribution is 2.36. The summed E-state index contributed by atoms with van der Waals surface area (Å²) in [5.74, 6) is -0.0998. The minimum Gasteiger partial charge on any atom is -0.478 e. The molecular weight excluding hydrogens is 595 g/mol. The molecular formula is C35H34Cl2N4O3. The highest BCUT2D eigenvalue weighted by Gasteiger charge is 2.22. The fourth-order valence-corrected chi connectivity index (χ4v) is 5.80. The van der Waals surface area contributed by atoms with Crippen molar-refractivity contribution in [3.05, 3.63) is 130 Å². The molecule has 3 N–H and O–H groups in total. The Hall–Kier alpha value is -4.17. The topological polar surface area (TPSA) is 98.6 Å². The number of piperidine rings is 1. The summed E-state index contributed by atoms with van der Waals surface area (Å²) in [6, 6.07) is 29.7. The number of rotatable bonds is 7. The number of anilines is 2. The highest BCUT2D eigenvalue weighted by atomic mass is 35.5. The maximum absolute atomic E-state index is 11.2. The zero-order chi connectivity index (χ0) is 31.1. The Morgan fingerprint density at radius 2 is 1.41 bits per heavy atom. The molecule has 2 heterocycles. The number of carboxylic acid groups (broad SMARTS) is 1. The van der Waals surface area contributed by atoms with E-state index in [1.54, 1.807) is 25.4 Å². The first-order valence-electron chi connectivity index (χ1n) is 14.6. The van der Waals surface area contributed by atoms with E-state index in [9.17, 15) is 9.90 Å². The molecule has 1 aromatic heterocycles. The van der Waals surface area contributed by atoms with Gasteiger partial charge in [0.05, 0.1) is 11.1 Å². The Labute approximate surface area is 267 Å². The third kappa shape index (κ3) is 7.48. The lowest BCUT2D eigenvalue weighted by atomic mass is 9.84. The Bertz CT molecular complexity index is 1640. The van der Waals surface area contributed by atoms with Crippen LogP contribution in [-0.4, -0.2) is 51.9 Å². The number of carbonyl (C=O) groups is 1. The van der Waals surface area contributed by atoms with Gasteiger partial charge in [-0.15, -0.1) is 0 Å². The molecule has 0 saturated carbocycles. The van der Waals surface area contributed by atoms with Crippen LogP contribution in [0.25, 0.3) is 10.9 Å². The number of halogens is 2. The number of hydrogen-bond donors (Lipinski definition) is 3. The summed E-state index contributed by atoms with van der Waals surface area (Å²) >= 11 is 12.4. The van der Waals surface area contributed by atoms with E-state index in [4.69, 9.17) is 28.3 Å². The molecule has 9 heteroatoms. The van der Waals surface area contributed by atoms with Crippen molar-refractivity contribution < 1.29 is 15.0 Å². The minimum atomic E-state index is -0.910. The van der Waals surface area contributed by atoms with Gasteiger partial charge in [0.1, 0.15) is 12.1 Å².